The lowest BCUT2D eigenvalue weighted by Gasteiger charge is -2.01. The third kappa shape index (κ3) is 7.57. The normalized spacial score (nSPS) is 9.92. The zero-order valence-electron chi connectivity index (χ0n) is 8.64. The Kier molecular flexibility index (Phi) is 7.36. The molecule has 0 aliphatic rings. The summed E-state index contributed by atoms with van der Waals surface area (Å²) in [4.78, 5) is 10.6. The molecule has 1 amide bonds. The number of nitrogens with two attached hydrogens (primary N) is 1. The topological polar surface area (TPSA) is 43.1 Å². The standard InChI is InChI=1S/C11H21NO/c1-3-4-5-6-7-8-9-10(2)11(12)13/h2-9H2,1H3,(H2,12,13). The van der Waals surface area contributed by atoms with E-state index in [-0.39, 0.29) is 5.91 Å². The van der Waals surface area contributed by atoms with Gasteiger partial charge in [0.1, 0.15) is 0 Å². The third-order valence-electron chi connectivity index (χ3n) is 2.18. The second kappa shape index (κ2) is 7.84. The highest BCUT2D eigenvalue weighted by Gasteiger charge is 1.99. The second-order valence-electron chi connectivity index (χ2n) is 3.49. The smallest absolute Gasteiger partial charge is 0.244 e. The zero-order chi connectivity index (χ0) is 10.1. The molecule has 0 atom stereocenters. The predicted octanol–water partition coefficient (Wildman–Crippen LogP) is 2.78. The Morgan fingerprint density at radius 1 is 1.15 bits per heavy atom. The van der Waals surface area contributed by atoms with Crippen LogP contribution >= 0.6 is 0 Å². The first-order valence-electron chi connectivity index (χ1n) is 5.16. The summed E-state index contributed by atoms with van der Waals surface area (Å²) >= 11 is 0. The molecule has 0 fully saturated rings. The van der Waals surface area contributed by atoms with Crippen molar-refractivity contribution in [2.75, 3.05) is 0 Å². The van der Waals surface area contributed by atoms with Crippen LogP contribution in [0.15, 0.2) is 12.2 Å². The third-order valence-corrected chi connectivity index (χ3v) is 2.18. The van der Waals surface area contributed by atoms with Gasteiger partial charge in [-0.05, 0) is 12.8 Å². The SMILES string of the molecule is C=C(CCCCCCCC)C(N)=O. The summed E-state index contributed by atoms with van der Waals surface area (Å²) in [6, 6.07) is 0. The zero-order valence-corrected chi connectivity index (χ0v) is 8.64. The number of amides is 1. The van der Waals surface area contributed by atoms with Gasteiger partial charge in [-0.3, -0.25) is 4.79 Å². The van der Waals surface area contributed by atoms with Crippen molar-refractivity contribution >= 4 is 5.91 Å². The van der Waals surface area contributed by atoms with E-state index in [1.54, 1.807) is 0 Å². The molecule has 0 saturated carbocycles. The number of carbonyl (C=O) groups excluding carboxylic acids is 1. The van der Waals surface area contributed by atoms with Crippen LogP contribution in [0.25, 0.3) is 0 Å². The maximum atomic E-state index is 10.6. The van der Waals surface area contributed by atoms with Gasteiger partial charge in [0, 0.05) is 5.57 Å². The Morgan fingerprint density at radius 2 is 1.69 bits per heavy atom. The minimum absolute atomic E-state index is 0.353. The lowest BCUT2D eigenvalue weighted by Crippen LogP contribution is -2.12. The minimum atomic E-state index is -0.353. The molecule has 2 nitrogen and oxygen atoms in total. The van der Waals surface area contributed by atoms with Gasteiger partial charge in [-0.2, -0.15) is 0 Å². The van der Waals surface area contributed by atoms with E-state index in [1.165, 1.54) is 32.1 Å². The lowest BCUT2D eigenvalue weighted by atomic mass is 10.1. The number of rotatable bonds is 8. The Hall–Kier alpha value is -0.790. The van der Waals surface area contributed by atoms with Crippen LogP contribution in [-0.4, -0.2) is 5.91 Å². The maximum absolute atomic E-state index is 10.6. The van der Waals surface area contributed by atoms with Gasteiger partial charge in [0.25, 0.3) is 0 Å². The van der Waals surface area contributed by atoms with Crippen molar-refractivity contribution in [3.63, 3.8) is 0 Å². The molecule has 0 aromatic carbocycles. The van der Waals surface area contributed by atoms with Crippen molar-refractivity contribution in [3.8, 4) is 0 Å². The van der Waals surface area contributed by atoms with Crippen molar-refractivity contribution in [3.05, 3.63) is 12.2 Å². The molecular weight excluding hydrogens is 162 g/mol. The summed E-state index contributed by atoms with van der Waals surface area (Å²) in [5, 5.41) is 0. The van der Waals surface area contributed by atoms with Crippen LogP contribution in [0.4, 0.5) is 0 Å². The molecule has 76 valence electrons. The number of carbonyl (C=O) groups is 1. The van der Waals surface area contributed by atoms with Crippen molar-refractivity contribution in [2.45, 2.75) is 51.9 Å². The van der Waals surface area contributed by atoms with Gasteiger partial charge in [-0.1, -0.05) is 45.6 Å². The molecule has 0 spiro atoms. The molecule has 2 heteroatoms. The molecule has 0 saturated heterocycles. The molecule has 0 rings (SSSR count). The van der Waals surface area contributed by atoms with Crippen LogP contribution < -0.4 is 5.73 Å². The highest BCUT2D eigenvalue weighted by atomic mass is 16.1. The molecule has 0 bridgehead atoms. The van der Waals surface area contributed by atoms with Gasteiger partial charge < -0.3 is 5.73 Å². The van der Waals surface area contributed by atoms with Crippen molar-refractivity contribution in [1.29, 1.82) is 0 Å². The summed E-state index contributed by atoms with van der Waals surface area (Å²) in [7, 11) is 0. The highest BCUT2D eigenvalue weighted by Crippen LogP contribution is 2.09. The van der Waals surface area contributed by atoms with E-state index in [2.05, 4.69) is 13.5 Å². The van der Waals surface area contributed by atoms with E-state index < -0.39 is 0 Å². The van der Waals surface area contributed by atoms with E-state index in [0.717, 1.165) is 12.8 Å². The van der Waals surface area contributed by atoms with Crippen molar-refractivity contribution in [1.82, 2.24) is 0 Å². The van der Waals surface area contributed by atoms with E-state index in [9.17, 15) is 4.79 Å². The van der Waals surface area contributed by atoms with Gasteiger partial charge in [-0.25, -0.2) is 0 Å². The van der Waals surface area contributed by atoms with E-state index in [1.807, 2.05) is 0 Å². The molecule has 0 radical (unpaired) electrons. The number of hydrogen-bond acceptors (Lipinski definition) is 1. The molecular formula is C11H21NO. The first-order chi connectivity index (χ1) is 6.18. The second-order valence-corrected chi connectivity index (χ2v) is 3.49. The molecule has 0 aromatic heterocycles. The largest absolute Gasteiger partial charge is 0.366 e. The fourth-order valence-corrected chi connectivity index (χ4v) is 1.24. The molecule has 2 N–H and O–H groups in total. The molecule has 0 unspecified atom stereocenters. The van der Waals surface area contributed by atoms with Crippen molar-refractivity contribution in [2.24, 2.45) is 5.73 Å². The number of unbranched alkanes of at least 4 members (excludes halogenated alkanes) is 5. The first-order valence-corrected chi connectivity index (χ1v) is 5.16. The molecule has 0 aliphatic carbocycles. The Labute approximate surface area is 81.2 Å². The highest BCUT2D eigenvalue weighted by molar-refractivity contribution is 5.91. The van der Waals surface area contributed by atoms with Gasteiger partial charge >= 0.3 is 0 Å². The molecule has 0 heterocycles. The average molecular weight is 183 g/mol. The summed E-state index contributed by atoms with van der Waals surface area (Å²) in [5.41, 5.74) is 5.63. The predicted molar refractivity (Wildman–Crippen MR) is 56.3 cm³/mol. The number of primary amides is 1. The Bertz CT molecular complexity index is 163. The maximum Gasteiger partial charge on any atom is 0.244 e. The quantitative estimate of drug-likeness (QED) is 0.456. The van der Waals surface area contributed by atoms with Crippen LogP contribution in [0.2, 0.25) is 0 Å². The summed E-state index contributed by atoms with van der Waals surface area (Å²) in [6.45, 7) is 5.82. The molecule has 0 aliphatic heterocycles. The Balaban J connectivity index is 3.16. The molecule has 0 aromatic rings. The van der Waals surface area contributed by atoms with E-state index >= 15 is 0 Å². The summed E-state index contributed by atoms with van der Waals surface area (Å²) in [5.74, 6) is -0.353. The summed E-state index contributed by atoms with van der Waals surface area (Å²) in [6.07, 6.45) is 8.16. The number of hydrogen-bond donors (Lipinski definition) is 1. The van der Waals surface area contributed by atoms with E-state index in [0.29, 0.717) is 5.57 Å². The van der Waals surface area contributed by atoms with Crippen LogP contribution in [-0.2, 0) is 4.79 Å². The van der Waals surface area contributed by atoms with Gasteiger partial charge in [-0.15, -0.1) is 0 Å². The van der Waals surface area contributed by atoms with Gasteiger partial charge in [0.2, 0.25) is 5.91 Å². The summed E-state index contributed by atoms with van der Waals surface area (Å²) < 4.78 is 0. The fraction of sp³-hybridized carbons (Fsp3) is 0.727. The van der Waals surface area contributed by atoms with Gasteiger partial charge in [0.05, 0.1) is 0 Å². The van der Waals surface area contributed by atoms with Crippen LogP contribution in [0.3, 0.4) is 0 Å². The first kappa shape index (κ1) is 12.2. The van der Waals surface area contributed by atoms with Crippen LogP contribution in [0.5, 0.6) is 0 Å². The minimum Gasteiger partial charge on any atom is -0.366 e. The monoisotopic (exact) mass is 183 g/mol. The fourth-order valence-electron chi connectivity index (χ4n) is 1.24. The van der Waals surface area contributed by atoms with E-state index in [4.69, 9.17) is 5.73 Å². The van der Waals surface area contributed by atoms with Crippen LogP contribution in [0, 0.1) is 0 Å². The molecule has 13 heavy (non-hydrogen) atoms. The van der Waals surface area contributed by atoms with Crippen molar-refractivity contribution < 1.29 is 4.79 Å². The lowest BCUT2D eigenvalue weighted by molar-refractivity contribution is -0.114. The van der Waals surface area contributed by atoms with Gasteiger partial charge in [0.15, 0.2) is 0 Å². The average Bonchev–Trinajstić information content (AvgIpc) is 2.10. The Morgan fingerprint density at radius 3 is 2.23 bits per heavy atom. The van der Waals surface area contributed by atoms with Crippen LogP contribution in [0.1, 0.15) is 51.9 Å².